The van der Waals surface area contributed by atoms with E-state index in [1.165, 1.54) is 33.4 Å². The fourth-order valence-electron chi connectivity index (χ4n) is 3.00. The summed E-state index contributed by atoms with van der Waals surface area (Å²) in [5, 5.41) is 4.21. The van der Waals surface area contributed by atoms with E-state index in [4.69, 9.17) is 5.73 Å². The Morgan fingerprint density at radius 2 is 1.71 bits per heavy atom. The van der Waals surface area contributed by atoms with E-state index in [0.29, 0.717) is 0 Å². The van der Waals surface area contributed by atoms with Gasteiger partial charge in [-0.3, -0.25) is 0 Å². The molecule has 0 amide bonds. The number of fused-ring (bicyclic) bond motifs is 3. The van der Waals surface area contributed by atoms with Gasteiger partial charge in [-0.1, -0.05) is 42.5 Å². The molecule has 0 spiro atoms. The minimum atomic E-state index is -0.0183. The van der Waals surface area contributed by atoms with Crippen molar-refractivity contribution in [2.45, 2.75) is 12.5 Å². The first kappa shape index (κ1) is 14.3. The standard InChI is InChI=1S/C18H15NS.ClH/c19-18(14-7-8-20-11-14)13-5-6-17-15(10-13)9-12-3-1-2-4-16(12)17;/h1-8,10-11,18H,9,19H2;1H/t18-;/m1./s1. The van der Waals surface area contributed by atoms with E-state index in [-0.39, 0.29) is 18.4 Å². The second-order valence-electron chi connectivity index (χ2n) is 5.28. The zero-order chi connectivity index (χ0) is 13.5. The molecule has 1 aromatic heterocycles. The Bertz CT molecular complexity index is 765. The lowest BCUT2D eigenvalue weighted by molar-refractivity contribution is 0.875. The number of hydrogen-bond acceptors (Lipinski definition) is 2. The Morgan fingerprint density at radius 1 is 0.905 bits per heavy atom. The van der Waals surface area contributed by atoms with Gasteiger partial charge in [0, 0.05) is 0 Å². The van der Waals surface area contributed by atoms with Crippen LogP contribution in [-0.4, -0.2) is 0 Å². The summed E-state index contributed by atoms with van der Waals surface area (Å²) in [4.78, 5) is 0. The first-order chi connectivity index (χ1) is 9.83. The van der Waals surface area contributed by atoms with Crippen LogP contribution in [0.5, 0.6) is 0 Å². The monoisotopic (exact) mass is 313 g/mol. The third-order valence-corrected chi connectivity index (χ3v) is 4.78. The van der Waals surface area contributed by atoms with E-state index in [9.17, 15) is 0 Å². The van der Waals surface area contributed by atoms with Crippen molar-refractivity contribution in [1.82, 2.24) is 0 Å². The van der Waals surface area contributed by atoms with E-state index in [2.05, 4.69) is 59.3 Å². The highest BCUT2D eigenvalue weighted by atomic mass is 35.5. The third-order valence-electron chi connectivity index (χ3n) is 4.08. The molecule has 3 aromatic rings. The quantitative estimate of drug-likeness (QED) is 0.566. The van der Waals surface area contributed by atoms with Crippen LogP contribution in [0.25, 0.3) is 11.1 Å². The lowest BCUT2D eigenvalue weighted by Gasteiger charge is -2.12. The smallest absolute Gasteiger partial charge is 0.0559 e. The van der Waals surface area contributed by atoms with Crippen molar-refractivity contribution in [3.05, 3.63) is 81.5 Å². The Hall–Kier alpha value is -1.61. The van der Waals surface area contributed by atoms with Crippen LogP contribution in [0.3, 0.4) is 0 Å². The summed E-state index contributed by atoms with van der Waals surface area (Å²) >= 11 is 1.70. The molecule has 106 valence electrons. The van der Waals surface area contributed by atoms with E-state index in [1.54, 1.807) is 11.3 Å². The van der Waals surface area contributed by atoms with Gasteiger partial charge in [0.05, 0.1) is 6.04 Å². The second-order valence-corrected chi connectivity index (χ2v) is 6.06. The molecule has 0 bridgehead atoms. The van der Waals surface area contributed by atoms with Crippen LogP contribution in [0.1, 0.15) is 28.3 Å². The molecule has 0 radical (unpaired) electrons. The fourth-order valence-corrected chi connectivity index (χ4v) is 3.70. The Morgan fingerprint density at radius 3 is 2.52 bits per heavy atom. The molecule has 2 aromatic carbocycles. The predicted molar refractivity (Wildman–Crippen MR) is 92.3 cm³/mol. The van der Waals surface area contributed by atoms with Crippen LogP contribution in [0.4, 0.5) is 0 Å². The van der Waals surface area contributed by atoms with Gasteiger partial charge in [-0.05, 0) is 56.6 Å². The molecule has 0 fully saturated rings. The summed E-state index contributed by atoms with van der Waals surface area (Å²) in [6.45, 7) is 0. The summed E-state index contributed by atoms with van der Waals surface area (Å²) in [6, 6.07) is 17.4. The van der Waals surface area contributed by atoms with Gasteiger partial charge in [0.1, 0.15) is 0 Å². The second kappa shape index (κ2) is 5.64. The number of halogens is 1. The highest BCUT2D eigenvalue weighted by Gasteiger charge is 2.19. The van der Waals surface area contributed by atoms with Crippen LogP contribution in [0, 0.1) is 0 Å². The van der Waals surface area contributed by atoms with Gasteiger partial charge >= 0.3 is 0 Å². The minimum absolute atomic E-state index is 0. The van der Waals surface area contributed by atoms with Crippen molar-refractivity contribution in [3.63, 3.8) is 0 Å². The molecule has 3 heteroatoms. The zero-order valence-electron chi connectivity index (χ0n) is 11.5. The highest BCUT2D eigenvalue weighted by molar-refractivity contribution is 7.08. The lowest BCUT2D eigenvalue weighted by atomic mass is 9.97. The van der Waals surface area contributed by atoms with Gasteiger partial charge in [0.25, 0.3) is 0 Å². The highest BCUT2D eigenvalue weighted by Crippen LogP contribution is 2.37. The topological polar surface area (TPSA) is 26.0 Å². The van der Waals surface area contributed by atoms with Gasteiger partial charge < -0.3 is 5.73 Å². The maximum atomic E-state index is 6.37. The summed E-state index contributed by atoms with van der Waals surface area (Å²) in [7, 11) is 0. The van der Waals surface area contributed by atoms with E-state index in [0.717, 1.165) is 6.42 Å². The molecular weight excluding hydrogens is 298 g/mol. The molecule has 1 heterocycles. The van der Waals surface area contributed by atoms with Crippen LogP contribution in [0.15, 0.2) is 59.3 Å². The molecule has 21 heavy (non-hydrogen) atoms. The van der Waals surface area contributed by atoms with Gasteiger partial charge in [-0.15, -0.1) is 12.4 Å². The minimum Gasteiger partial charge on any atom is -0.320 e. The van der Waals surface area contributed by atoms with Crippen LogP contribution < -0.4 is 5.73 Å². The summed E-state index contributed by atoms with van der Waals surface area (Å²) in [6.07, 6.45) is 1.02. The average Bonchev–Trinajstić information content (AvgIpc) is 3.13. The van der Waals surface area contributed by atoms with E-state index in [1.807, 2.05) is 0 Å². The van der Waals surface area contributed by atoms with Crippen LogP contribution in [0.2, 0.25) is 0 Å². The maximum absolute atomic E-state index is 6.37. The molecule has 0 saturated carbocycles. The van der Waals surface area contributed by atoms with Gasteiger partial charge in [-0.2, -0.15) is 11.3 Å². The number of nitrogens with two attached hydrogens (primary N) is 1. The third kappa shape index (κ3) is 2.40. The van der Waals surface area contributed by atoms with Crippen LogP contribution >= 0.6 is 23.7 Å². The van der Waals surface area contributed by atoms with Crippen molar-refractivity contribution >= 4 is 23.7 Å². The number of benzene rings is 2. The largest absolute Gasteiger partial charge is 0.320 e. The van der Waals surface area contributed by atoms with Gasteiger partial charge in [-0.25, -0.2) is 0 Å². The summed E-state index contributed by atoms with van der Waals surface area (Å²) < 4.78 is 0. The first-order valence-electron chi connectivity index (χ1n) is 6.82. The normalized spacial score (nSPS) is 13.2. The zero-order valence-corrected chi connectivity index (χ0v) is 13.1. The van der Waals surface area contributed by atoms with E-state index < -0.39 is 0 Å². The maximum Gasteiger partial charge on any atom is 0.0559 e. The SMILES string of the molecule is Cl.N[C@@H](c1ccsc1)c1ccc2c(c1)Cc1ccccc1-2. The first-order valence-corrected chi connectivity index (χ1v) is 7.76. The Kier molecular flexibility index (Phi) is 3.85. The van der Waals surface area contributed by atoms with Crippen molar-refractivity contribution in [3.8, 4) is 11.1 Å². The molecule has 0 saturated heterocycles. The molecule has 1 nitrogen and oxygen atoms in total. The number of rotatable bonds is 2. The van der Waals surface area contributed by atoms with Crippen molar-refractivity contribution in [1.29, 1.82) is 0 Å². The lowest BCUT2D eigenvalue weighted by Crippen LogP contribution is -2.11. The van der Waals surface area contributed by atoms with Gasteiger partial charge in [0.2, 0.25) is 0 Å². The Labute approximate surface area is 134 Å². The average molecular weight is 314 g/mol. The van der Waals surface area contributed by atoms with Gasteiger partial charge in [0.15, 0.2) is 0 Å². The summed E-state index contributed by atoms with van der Waals surface area (Å²) in [5.41, 5.74) is 14.3. The molecular formula is C18H16ClNS. The summed E-state index contributed by atoms with van der Waals surface area (Å²) in [5.74, 6) is 0. The predicted octanol–water partition coefficient (Wildman–Crippen LogP) is 4.79. The molecule has 1 atom stereocenters. The van der Waals surface area contributed by atoms with Crippen molar-refractivity contribution < 1.29 is 0 Å². The van der Waals surface area contributed by atoms with Crippen LogP contribution in [-0.2, 0) is 6.42 Å². The number of thiophene rings is 1. The molecule has 1 aliphatic rings. The molecule has 0 unspecified atom stereocenters. The molecule has 1 aliphatic carbocycles. The molecule has 4 rings (SSSR count). The van der Waals surface area contributed by atoms with Crippen molar-refractivity contribution in [2.24, 2.45) is 5.73 Å². The number of hydrogen-bond donors (Lipinski definition) is 1. The molecule has 0 aliphatic heterocycles. The Balaban J connectivity index is 0.00000132. The van der Waals surface area contributed by atoms with E-state index >= 15 is 0 Å². The fraction of sp³-hybridized carbons (Fsp3) is 0.111. The van der Waals surface area contributed by atoms with Crippen molar-refractivity contribution in [2.75, 3.05) is 0 Å². The molecule has 2 N–H and O–H groups in total.